The minimum atomic E-state index is 0.00922. The van der Waals surface area contributed by atoms with E-state index in [0.29, 0.717) is 12.3 Å². The van der Waals surface area contributed by atoms with Gasteiger partial charge in [-0.25, -0.2) is 0 Å². The van der Waals surface area contributed by atoms with Crippen LogP contribution in [0.5, 0.6) is 0 Å². The van der Waals surface area contributed by atoms with Gasteiger partial charge in [0.25, 0.3) is 5.56 Å². The number of aromatic amines is 1. The van der Waals surface area contributed by atoms with Gasteiger partial charge < -0.3 is 10.3 Å². The SMILES string of the molecule is CCc1ccc(/C(=C\C2CCC(=O)N2)c2ccc(C3CC3)c(=O)[nH]2)cc1. The van der Waals surface area contributed by atoms with Crippen molar-refractivity contribution in [1.82, 2.24) is 10.3 Å². The first-order valence-corrected chi connectivity index (χ1v) is 9.48. The van der Waals surface area contributed by atoms with Gasteiger partial charge in [-0.3, -0.25) is 9.59 Å². The van der Waals surface area contributed by atoms with Crippen molar-refractivity contribution in [1.29, 1.82) is 0 Å². The molecule has 1 unspecified atom stereocenters. The van der Waals surface area contributed by atoms with Crippen LogP contribution in [-0.4, -0.2) is 16.9 Å². The highest BCUT2D eigenvalue weighted by atomic mass is 16.2. The number of benzene rings is 1. The van der Waals surface area contributed by atoms with Gasteiger partial charge in [0.15, 0.2) is 0 Å². The third-order valence-electron chi connectivity index (χ3n) is 5.32. The number of pyridine rings is 1. The fourth-order valence-electron chi connectivity index (χ4n) is 3.58. The first kappa shape index (κ1) is 16.8. The molecule has 4 rings (SSSR count). The predicted octanol–water partition coefficient (Wildman–Crippen LogP) is 3.53. The molecule has 0 radical (unpaired) electrons. The summed E-state index contributed by atoms with van der Waals surface area (Å²) >= 11 is 0. The molecule has 1 amide bonds. The molecular weight excluding hydrogens is 324 g/mol. The molecule has 4 nitrogen and oxygen atoms in total. The summed E-state index contributed by atoms with van der Waals surface area (Å²) in [6.45, 7) is 2.13. The van der Waals surface area contributed by atoms with Gasteiger partial charge in [-0.15, -0.1) is 0 Å². The summed E-state index contributed by atoms with van der Waals surface area (Å²) in [7, 11) is 0. The van der Waals surface area contributed by atoms with Crippen LogP contribution in [0.1, 0.15) is 60.9 Å². The Morgan fingerprint density at radius 1 is 1.08 bits per heavy atom. The van der Waals surface area contributed by atoms with E-state index in [1.165, 1.54) is 5.56 Å². The summed E-state index contributed by atoms with van der Waals surface area (Å²) in [6, 6.07) is 12.4. The van der Waals surface area contributed by atoms with E-state index in [0.717, 1.165) is 48.1 Å². The summed E-state index contributed by atoms with van der Waals surface area (Å²) in [6.07, 6.45) is 6.63. The Morgan fingerprint density at radius 2 is 1.85 bits per heavy atom. The first-order chi connectivity index (χ1) is 12.6. The van der Waals surface area contributed by atoms with Crippen LogP contribution in [0.3, 0.4) is 0 Å². The number of amides is 1. The highest BCUT2D eigenvalue weighted by Crippen LogP contribution is 2.38. The quantitative estimate of drug-likeness (QED) is 0.868. The van der Waals surface area contributed by atoms with E-state index in [1.807, 2.05) is 12.1 Å². The van der Waals surface area contributed by atoms with Crippen LogP contribution >= 0.6 is 0 Å². The van der Waals surface area contributed by atoms with Gasteiger partial charge in [-0.05, 0) is 48.8 Å². The van der Waals surface area contributed by atoms with Gasteiger partial charge in [-0.2, -0.15) is 0 Å². The summed E-state index contributed by atoms with van der Waals surface area (Å²) in [5.41, 5.74) is 5.02. The van der Waals surface area contributed by atoms with Crippen molar-refractivity contribution in [3.05, 3.63) is 75.2 Å². The molecule has 1 aliphatic carbocycles. The Morgan fingerprint density at radius 3 is 2.42 bits per heavy atom. The molecule has 2 fully saturated rings. The highest BCUT2D eigenvalue weighted by Gasteiger charge is 2.26. The third-order valence-corrected chi connectivity index (χ3v) is 5.32. The number of aromatic nitrogens is 1. The van der Waals surface area contributed by atoms with Gasteiger partial charge in [0.2, 0.25) is 5.91 Å². The van der Waals surface area contributed by atoms with Crippen LogP contribution in [-0.2, 0) is 11.2 Å². The Kier molecular flexibility index (Phi) is 4.49. The highest BCUT2D eigenvalue weighted by molar-refractivity contribution is 5.82. The van der Waals surface area contributed by atoms with Gasteiger partial charge in [0, 0.05) is 29.3 Å². The number of H-pyrrole nitrogens is 1. The van der Waals surface area contributed by atoms with Crippen molar-refractivity contribution in [2.45, 2.75) is 51.0 Å². The topological polar surface area (TPSA) is 62.0 Å². The molecule has 4 heteroatoms. The van der Waals surface area contributed by atoms with Crippen LogP contribution < -0.4 is 10.9 Å². The van der Waals surface area contributed by atoms with Crippen molar-refractivity contribution in [2.24, 2.45) is 0 Å². The van der Waals surface area contributed by atoms with E-state index in [1.54, 1.807) is 0 Å². The molecule has 134 valence electrons. The zero-order valence-corrected chi connectivity index (χ0v) is 15.0. The molecule has 1 saturated carbocycles. The van der Waals surface area contributed by atoms with Gasteiger partial charge >= 0.3 is 0 Å². The zero-order chi connectivity index (χ0) is 18.1. The van der Waals surface area contributed by atoms with Crippen molar-refractivity contribution in [3.8, 4) is 0 Å². The maximum atomic E-state index is 12.5. The fraction of sp³-hybridized carbons (Fsp3) is 0.364. The minimum absolute atomic E-state index is 0.00922. The Hall–Kier alpha value is -2.62. The maximum Gasteiger partial charge on any atom is 0.251 e. The molecule has 26 heavy (non-hydrogen) atoms. The lowest BCUT2D eigenvalue weighted by atomic mass is 9.97. The van der Waals surface area contributed by atoms with Gasteiger partial charge in [0.1, 0.15) is 0 Å². The van der Waals surface area contributed by atoms with Gasteiger partial charge in [0.05, 0.1) is 0 Å². The largest absolute Gasteiger partial charge is 0.350 e. The molecule has 2 aromatic rings. The van der Waals surface area contributed by atoms with Crippen molar-refractivity contribution in [3.63, 3.8) is 0 Å². The monoisotopic (exact) mass is 348 g/mol. The van der Waals surface area contributed by atoms with Gasteiger partial charge in [-0.1, -0.05) is 43.3 Å². The van der Waals surface area contributed by atoms with E-state index in [4.69, 9.17) is 0 Å². The van der Waals surface area contributed by atoms with E-state index in [-0.39, 0.29) is 17.5 Å². The van der Waals surface area contributed by atoms with Crippen LogP contribution in [0, 0.1) is 0 Å². The van der Waals surface area contributed by atoms with E-state index < -0.39 is 0 Å². The molecule has 1 aromatic carbocycles. The van der Waals surface area contributed by atoms with Crippen LogP contribution in [0.15, 0.2) is 47.3 Å². The lowest BCUT2D eigenvalue weighted by molar-refractivity contribution is -0.119. The molecule has 2 N–H and O–H groups in total. The summed E-state index contributed by atoms with van der Waals surface area (Å²) in [5, 5.41) is 2.99. The molecule has 1 atom stereocenters. The molecule has 1 aromatic heterocycles. The lowest BCUT2D eigenvalue weighted by Crippen LogP contribution is -2.23. The number of hydrogen-bond donors (Lipinski definition) is 2. The van der Waals surface area contributed by atoms with Crippen LogP contribution in [0.25, 0.3) is 5.57 Å². The summed E-state index contributed by atoms with van der Waals surface area (Å²) in [5.74, 6) is 0.516. The molecule has 1 aliphatic heterocycles. The fourth-order valence-corrected chi connectivity index (χ4v) is 3.58. The molecular formula is C22H24N2O2. The van der Waals surface area contributed by atoms with Crippen molar-refractivity contribution < 1.29 is 4.79 Å². The second kappa shape index (κ2) is 6.94. The third kappa shape index (κ3) is 3.50. The zero-order valence-electron chi connectivity index (χ0n) is 15.0. The second-order valence-corrected chi connectivity index (χ2v) is 7.27. The molecule has 0 spiro atoms. The lowest BCUT2D eigenvalue weighted by Gasteiger charge is -2.13. The molecule has 2 aliphatic rings. The van der Waals surface area contributed by atoms with Crippen LogP contribution in [0.4, 0.5) is 0 Å². The summed E-state index contributed by atoms with van der Waals surface area (Å²) in [4.78, 5) is 27.1. The molecule has 2 heterocycles. The number of hydrogen-bond acceptors (Lipinski definition) is 2. The van der Waals surface area contributed by atoms with E-state index >= 15 is 0 Å². The number of nitrogens with one attached hydrogen (secondary N) is 2. The van der Waals surface area contributed by atoms with Crippen molar-refractivity contribution >= 4 is 11.5 Å². The van der Waals surface area contributed by atoms with E-state index in [2.05, 4.69) is 47.6 Å². The maximum absolute atomic E-state index is 12.5. The Bertz CT molecular complexity index is 904. The smallest absolute Gasteiger partial charge is 0.251 e. The number of carbonyl (C=O) groups excluding carboxylic acids is 1. The van der Waals surface area contributed by atoms with Crippen molar-refractivity contribution in [2.75, 3.05) is 0 Å². The first-order valence-electron chi connectivity index (χ1n) is 9.48. The minimum Gasteiger partial charge on any atom is -0.350 e. The molecule has 0 bridgehead atoms. The van der Waals surface area contributed by atoms with Crippen LogP contribution in [0.2, 0.25) is 0 Å². The standard InChI is InChI=1S/C22H24N2O2/c1-2-14-3-5-16(6-4-14)19(13-17-9-12-21(25)23-17)20-11-10-18(15-7-8-15)22(26)24-20/h3-6,10-11,13,15,17H,2,7-9,12H2,1H3,(H,23,25)(H,24,26)/b19-13+. The average Bonchev–Trinajstić information content (AvgIpc) is 3.41. The second-order valence-electron chi connectivity index (χ2n) is 7.27. The molecule has 1 saturated heterocycles. The average molecular weight is 348 g/mol. The normalized spacial score (nSPS) is 20.3. The van der Waals surface area contributed by atoms with E-state index in [9.17, 15) is 9.59 Å². The Balaban J connectivity index is 1.74. The summed E-state index contributed by atoms with van der Waals surface area (Å²) < 4.78 is 0. The number of aryl methyl sites for hydroxylation is 1. The number of carbonyl (C=O) groups is 1. The number of rotatable bonds is 5. The predicted molar refractivity (Wildman–Crippen MR) is 103 cm³/mol. The Labute approximate surface area is 153 Å².